The van der Waals surface area contributed by atoms with E-state index in [0.29, 0.717) is 12.1 Å². The Morgan fingerprint density at radius 3 is 2.31 bits per heavy atom. The van der Waals surface area contributed by atoms with Crippen molar-refractivity contribution in [1.29, 1.82) is 0 Å². The molecule has 0 bridgehead atoms. The lowest BCUT2D eigenvalue weighted by atomic mass is 10.1. The molecule has 0 amide bonds. The van der Waals surface area contributed by atoms with Crippen molar-refractivity contribution in [3.8, 4) is 0 Å². The van der Waals surface area contributed by atoms with E-state index in [1.165, 1.54) is 94.1 Å². The number of fused-ring (bicyclic) bond motifs is 1. The Morgan fingerprint density at radius 1 is 0.923 bits per heavy atom. The summed E-state index contributed by atoms with van der Waals surface area (Å²) in [7, 11) is 0. The average Bonchev–Trinajstić information content (AvgIpc) is 3.05. The molecule has 2 nitrogen and oxygen atoms in total. The Balaban J connectivity index is 1.83. The maximum atomic E-state index is 3.72. The molecule has 1 aliphatic heterocycles. The molecule has 1 aromatic carbocycles. The van der Waals surface area contributed by atoms with Crippen molar-refractivity contribution in [1.82, 2.24) is 0 Å². The number of unbranched alkanes of at least 4 members (excludes halogenated alkanes) is 6. The van der Waals surface area contributed by atoms with E-state index >= 15 is 0 Å². The first kappa shape index (κ1) is 21.1. The SMILES string of the molecule is CCCCCC[C@H](C)Nc1ccc2c(c1)CCN2[C@@H](C)CCCCCC. The molecule has 0 unspecified atom stereocenters. The number of anilines is 2. The highest BCUT2D eigenvalue weighted by atomic mass is 15.2. The minimum atomic E-state index is 0.569. The van der Waals surface area contributed by atoms with Gasteiger partial charge in [0.2, 0.25) is 0 Å². The van der Waals surface area contributed by atoms with Gasteiger partial charge in [0.05, 0.1) is 0 Å². The number of rotatable bonds is 13. The van der Waals surface area contributed by atoms with Crippen LogP contribution in [0.2, 0.25) is 0 Å². The van der Waals surface area contributed by atoms with Gasteiger partial charge < -0.3 is 10.2 Å². The van der Waals surface area contributed by atoms with Crippen LogP contribution in [0, 0.1) is 0 Å². The molecule has 0 saturated carbocycles. The molecule has 1 N–H and O–H groups in total. The zero-order valence-electron chi connectivity index (χ0n) is 17.8. The van der Waals surface area contributed by atoms with Gasteiger partial charge in [-0.05, 0) is 56.9 Å². The topological polar surface area (TPSA) is 15.3 Å². The van der Waals surface area contributed by atoms with Gasteiger partial charge in [0.25, 0.3) is 0 Å². The first-order chi connectivity index (χ1) is 12.7. The Kier molecular flexibility index (Phi) is 9.36. The van der Waals surface area contributed by atoms with E-state index in [4.69, 9.17) is 0 Å². The lowest BCUT2D eigenvalue weighted by Crippen LogP contribution is -2.31. The van der Waals surface area contributed by atoms with Crippen molar-refractivity contribution in [2.75, 3.05) is 16.8 Å². The highest BCUT2D eigenvalue weighted by Crippen LogP contribution is 2.33. The standard InChI is InChI=1S/C24H42N2/c1-5-7-9-11-13-20(3)25-23-15-16-24-22(19-23)17-18-26(24)21(4)14-12-10-8-6-2/h15-16,19-21,25H,5-14,17-18H2,1-4H3/t20-,21-/m0/s1. The zero-order valence-corrected chi connectivity index (χ0v) is 17.8. The summed E-state index contributed by atoms with van der Waals surface area (Å²) in [6.45, 7) is 10.5. The molecule has 2 rings (SSSR count). The second-order valence-corrected chi connectivity index (χ2v) is 8.38. The lowest BCUT2D eigenvalue weighted by Gasteiger charge is -2.27. The fourth-order valence-corrected chi connectivity index (χ4v) is 4.23. The first-order valence-corrected chi connectivity index (χ1v) is 11.3. The quantitative estimate of drug-likeness (QED) is 0.376. The third-order valence-electron chi connectivity index (χ3n) is 5.92. The molecule has 1 aliphatic rings. The molecule has 0 saturated heterocycles. The summed E-state index contributed by atoms with van der Waals surface area (Å²) in [6.07, 6.45) is 14.7. The van der Waals surface area contributed by atoms with Gasteiger partial charge in [-0.2, -0.15) is 0 Å². The summed E-state index contributed by atoms with van der Waals surface area (Å²) in [5.74, 6) is 0. The van der Waals surface area contributed by atoms with Crippen LogP contribution in [0.1, 0.15) is 97.5 Å². The highest BCUT2D eigenvalue weighted by molar-refractivity contribution is 5.64. The molecule has 1 heterocycles. The van der Waals surface area contributed by atoms with Crippen LogP contribution in [0.4, 0.5) is 11.4 Å². The number of nitrogens with one attached hydrogen (secondary N) is 1. The van der Waals surface area contributed by atoms with Gasteiger partial charge in [0.1, 0.15) is 0 Å². The largest absolute Gasteiger partial charge is 0.383 e. The fraction of sp³-hybridized carbons (Fsp3) is 0.750. The van der Waals surface area contributed by atoms with Gasteiger partial charge in [-0.3, -0.25) is 0 Å². The van der Waals surface area contributed by atoms with Crippen molar-refractivity contribution in [2.45, 2.75) is 110 Å². The van der Waals surface area contributed by atoms with Gasteiger partial charge in [-0.15, -0.1) is 0 Å². The Labute approximate surface area is 162 Å². The van der Waals surface area contributed by atoms with Crippen molar-refractivity contribution in [3.63, 3.8) is 0 Å². The normalized spacial score (nSPS) is 15.8. The van der Waals surface area contributed by atoms with Crippen LogP contribution in [-0.2, 0) is 6.42 Å². The fourth-order valence-electron chi connectivity index (χ4n) is 4.23. The smallest absolute Gasteiger partial charge is 0.0403 e. The molecular formula is C24H42N2. The van der Waals surface area contributed by atoms with Crippen molar-refractivity contribution >= 4 is 11.4 Å². The summed E-state index contributed by atoms with van der Waals surface area (Å²) in [5, 5.41) is 3.72. The first-order valence-electron chi connectivity index (χ1n) is 11.3. The molecule has 0 spiro atoms. The molecule has 2 atom stereocenters. The predicted octanol–water partition coefficient (Wildman–Crippen LogP) is 7.18. The van der Waals surface area contributed by atoms with Gasteiger partial charge in [0.15, 0.2) is 0 Å². The minimum Gasteiger partial charge on any atom is -0.383 e. The highest BCUT2D eigenvalue weighted by Gasteiger charge is 2.23. The maximum Gasteiger partial charge on any atom is 0.0403 e. The molecule has 0 fully saturated rings. The van der Waals surface area contributed by atoms with E-state index in [0.717, 1.165) is 0 Å². The van der Waals surface area contributed by atoms with Crippen LogP contribution in [0.15, 0.2) is 18.2 Å². The molecule has 0 aliphatic carbocycles. The van der Waals surface area contributed by atoms with E-state index in [1.54, 1.807) is 0 Å². The molecule has 26 heavy (non-hydrogen) atoms. The van der Waals surface area contributed by atoms with Crippen LogP contribution in [-0.4, -0.2) is 18.6 Å². The zero-order chi connectivity index (χ0) is 18.8. The number of nitrogens with zero attached hydrogens (tertiary/aromatic N) is 1. The number of benzene rings is 1. The van der Waals surface area contributed by atoms with Gasteiger partial charge in [-0.1, -0.05) is 65.2 Å². The lowest BCUT2D eigenvalue weighted by molar-refractivity contribution is 0.545. The third kappa shape index (κ3) is 6.52. The molecule has 0 aromatic heterocycles. The van der Waals surface area contributed by atoms with E-state index < -0.39 is 0 Å². The third-order valence-corrected chi connectivity index (χ3v) is 5.92. The van der Waals surface area contributed by atoms with Crippen LogP contribution < -0.4 is 10.2 Å². The van der Waals surface area contributed by atoms with E-state index in [1.807, 2.05) is 0 Å². The molecule has 148 valence electrons. The van der Waals surface area contributed by atoms with Crippen LogP contribution in [0.3, 0.4) is 0 Å². The minimum absolute atomic E-state index is 0.569. The van der Waals surface area contributed by atoms with Crippen molar-refractivity contribution in [3.05, 3.63) is 23.8 Å². The molecule has 2 heteroatoms. The number of hydrogen-bond donors (Lipinski definition) is 1. The Bertz CT molecular complexity index is 511. The average molecular weight is 359 g/mol. The van der Waals surface area contributed by atoms with Crippen LogP contribution in [0.5, 0.6) is 0 Å². The Morgan fingerprint density at radius 2 is 1.62 bits per heavy atom. The number of hydrogen-bond acceptors (Lipinski definition) is 2. The van der Waals surface area contributed by atoms with E-state index in [2.05, 4.69) is 56.1 Å². The van der Waals surface area contributed by atoms with Gasteiger partial charge in [0, 0.05) is 30.0 Å². The predicted molar refractivity (Wildman–Crippen MR) is 118 cm³/mol. The van der Waals surface area contributed by atoms with Crippen molar-refractivity contribution < 1.29 is 0 Å². The Hall–Kier alpha value is -1.18. The van der Waals surface area contributed by atoms with Gasteiger partial charge >= 0.3 is 0 Å². The second-order valence-electron chi connectivity index (χ2n) is 8.38. The summed E-state index contributed by atoms with van der Waals surface area (Å²) in [4.78, 5) is 2.64. The van der Waals surface area contributed by atoms with Gasteiger partial charge in [-0.25, -0.2) is 0 Å². The van der Waals surface area contributed by atoms with Crippen LogP contribution in [0.25, 0.3) is 0 Å². The molecule has 0 radical (unpaired) electrons. The summed E-state index contributed by atoms with van der Waals surface area (Å²) >= 11 is 0. The maximum absolute atomic E-state index is 3.72. The molecular weight excluding hydrogens is 316 g/mol. The molecule has 1 aromatic rings. The summed E-state index contributed by atoms with van der Waals surface area (Å²) in [6, 6.07) is 8.30. The summed E-state index contributed by atoms with van der Waals surface area (Å²) in [5.41, 5.74) is 4.33. The van der Waals surface area contributed by atoms with Crippen molar-refractivity contribution in [2.24, 2.45) is 0 Å². The van der Waals surface area contributed by atoms with E-state index in [9.17, 15) is 0 Å². The summed E-state index contributed by atoms with van der Waals surface area (Å²) < 4.78 is 0. The van der Waals surface area contributed by atoms with Crippen LogP contribution >= 0.6 is 0 Å². The monoisotopic (exact) mass is 358 g/mol. The second kappa shape index (κ2) is 11.5. The van der Waals surface area contributed by atoms with E-state index in [-0.39, 0.29) is 0 Å².